The van der Waals surface area contributed by atoms with Crippen molar-refractivity contribution in [3.63, 3.8) is 0 Å². The number of aliphatic carboxylic acids is 1. The fraction of sp³-hybridized carbons (Fsp3) is 0.312. The van der Waals surface area contributed by atoms with Crippen molar-refractivity contribution in [1.82, 2.24) is 9.89 Å². The summed E-state index contributed by atoms with van der Waals surface area (Å²) in [6.07, 6.45) is 3.00. The zero-order valence-electron chi connectivity index (χ0n) is 23.8. The Kier molecular flexibility index (Phi) is 9.07. The fourth-order valence-electron chi connectivity index (χ4n) is 4.85. The largest absolute Gasteiger partial charge is 0.545 e. The van der Waals surface area contributed by atoms with E-state index in [4.69, 9.17) is 9.52 Å². The van der Waals surface area contributed by atoms with Crippen LogP contribution in [0.2, 0.25) is 0 Å². The van der Waals surface area contributed by atoms with Gasteiger partial charge in [0.05, 0.1) is 12.0 Å². The van der Waals surface area contributed by atoms with Gasteiger partial charge >= 0.3 is 5.97 Å². The second-order valence-electron chi connectivity index (χ2n) is 10.5. The Balaban J connectivity index is 1.73. The molecule has 2 aromatic rings. The zero-order chi connectivity index (χ0) is 29.7. The number of aromatic carboxylic acids is 1. The van der Waals surface area contributed by atoms with Gasteiger partial charge in [0.1, 0.15) is 25.4 Å². The van der Waals surface area contributed by atoms with E-state index in [0.29, 0.717) is 41.9 Å². The van der Waals surface area contributed by atoms with Gasteiger partial charge in [-0.1, -0.05) is 18.9 Å². The van der Waals surface area contributed by atoms with Gasteiger partial charge in [0.15, 0.2) is 0 Å². The van der Waals surface area contributed by atoms with Crippen molar-refractivity contribution in [3.8, 4) is 22.5 Å². The minimum absolute atomic E-state index is 0.0894. The monoisotopic (exact) mass is 557 g/mol. The van der Waals surface area contributed by atoms with E-state index < -0.39 is 11.9 Å². The third-order valence-electron chi connectivity index (χ3n) is 7.10. The smallest absolute Gasteiger partial charge is 0.303 e. The molecule has 214 valence electrons. The van der Waals surface area contributed by atoms with E-state index in [9.17, 15) is 19.5 Å². The summed E-state index contributed by atoms with van der Waals surface area (Å²) in [6.45, 7) is 0.409. The number of unbranched alkanes of at least 4 members (excludes halogenated alkanes) is 3. The first-order chi connectivity index (χ1) is 19.6. The molecule has 0 fully saturated rings. The molecule has 1 heterocycles. The first kappa shape index (κ1) is 29.3. The number of carbonyl (C=O) groups is 3. The van der Waals surface area contributed by atoms with E-state index in [1.165, 1.54) is 6.07 Å². The number of fused-ring (bicyclic) bond motifs is 2. The number of carboxylic acid groups (broad SMARTS) is 2. The Bertz CT molecular complexity index is 1650. The molecule has 2 aromatic carbocycles. The maximum atomic E-state index is 12.8. The summed E-state index contributed by atoms with van der Waals surface area (Å²) >= 11 is 0. The van der Waals surface area contributed by atoms with E-state index in [2.05, 4.69) is 5.32 Å². The second-order valence-corrected chi connectivity index (χ2v) is 10.5. The molecule has 41 heavy (non-hydrogen) atoms. The molecule has 0 spiro atoms. The van der Waals surface area contributed by atoms with Crippen molar-refractivity contribution in [3.05, 3.63) is 71.1 Å². The van der Waals surface area contributed by atoms with Gasteiger partial charge in [0.2, 0.25) is 5.36 Å². The third kappa shape index (κ3) is 6.74. The van der Waals surface area contributed by atoms with Gasteiger partial charge in [0, 0.05) is 72.5 Å². The van der Waals surface area contributed by atoms with Crippen LogP contribution in [0.15, 0.2) is 59.0 Å². The van der Waals surface area contributed by atoms with Crippen LogP contribution in [0.5, 0.6) is 0 Å². The van der Waals surface area contributed by atoms with E-state index in [0.717, 1.165) is 34.8 Å². The van der Waals surface area contributed by atoms with Gasteiger partial charge in [-0.15, -0.1) is 0 Å². The highest BCUT2D eigenvalue weighted by Crippen LogP contribution is 2.42. The molecule has 2 aliphatic rings. The minimum Gasteiger partial charge on any atom is -0.545 e. The number of benzene rings is 3. The lowest BCUT2D eigenvalue weighted by molar-refractivity contribution is -0.254. The highest BCUT2D eigenvalue weighted by molar-refractivity contribution is 6.08. The lowest BCUT2D eigenvalue weighted by Crippen LogP contribution is -2.27. The van der Waals surface area contributed by atoms with E-state index >= 15 is 0 Å². The van der Waals surface area contributed by atoms with Gasteiger partial charge in [-0.05, 0) is 48.7 Å². The molecule has 9 nitrogen and oxygen atoms in total. The third-order valence-corrected chi connectivity index (χ3v) is 7.10. The van der Waals surface area contributed by atoms with Crippen LogP contribution in [0.1, 0.15) is 52.8 Å². The number of amides is 1. The van der Waals surface area contributed by atoms with E-state index in [-0.39, 0.29) is 23.5 Å². The minimum atomic E-state index is -1.38. The number of hydrogen-bond donors (Lipinski definition) is 2. The average molecular weight is 558 g/mol. The predicted octanol–water partition coefficient (Wildman–Crippen LogP) is 3.43. The van der Waals surface area contributed by atoms with Crippen LogP contribution < -0.4 is 25.3 Å². The summed E-state index contributed by atoms with van der Waals surface area (Å²) in [5.41, 5.74) is 3.52. The van der Waals surface area contributed by atoms with Crippen LogP contribution in [-0.2, 0) is 4.79 Å². The number of carboxylic acids is 2. The number of carbonyl (C=O) groups excluding carboxylic acids is 2. The Morgan fingerprint density at radius 3 is 2.34 bits per heavy atom. The zero-order valence-corrected chi connectivity index (χ0v) is 23.8. The van der Waals surface area contributed by atoms with Gasteiger partial charge in [0.25, 0.3) is 5.91 Å². The molecule has 4 rings (SSSR count). The fourth-order valence-corrected chi connectivity index (χ4v) is 4.85. The number of rotatable bonds is 11. The first-order valence-corrected chi connectivity index (χ1v) is 13.6. The molecular weight excluding hydrogens is 522 g/mol. The quantitative estimate of drug-likeness (QED) is 0.164. The Morgan fingerprint density at radius 1 is 0.927 bits per heavy atom. The maximum absolute atomic E-state index is 12.8. The Morgan fingerprint density at radius 2 is 1.66 bits per heavy atom. The molecule has 2 N–H and O–H groups in total. The maximum Gasteiger partial charge on any atom is 0.303 e. The molecule has 1 amide bonds. The highest BCUT2D eigenvalue weighted by Gasteiger charge is 2.22. The van der Waals surface area contributed by atoms with Crippen LogP contribution in [0.3, 0.4) is 0 Å². The van der Waals surface area contributed by atoms with Crippen LogP contribution >= 0.6 is 0 Å². The van der Waals surface area contributed by atoms with Gasteiger partial charge in [-0.3, -0.25) is 9.59 Å². The van der Waals surface area contributed by atoms with E-state index in [1.54, 1.807) is 12.1 Å². The molecule has 0 saturated heterocycles. The summed E-state index contributed by atoms with van der Waals surface area (Å²) in [7, 11) is 7.74. The van der Waals surface area contributed by atoms with Crippen LogP contribution in [0, 0.1) is 0 Å². The summed E-state index contributed by atoms with van der Waals surface area (Å²) in [4.78, 5) is 37.8. The summed E-state index contributed by atoms with van der Waals surface area (Å²) in [5, 5.41) is 25.6. The molecule has 0 unspecified atom stereocenters. The summed E-state index contributed by atoms with van der Waals surface area (Å²) in [6, 6.07) is 16.2. The summed E-state index contributed by atoms with van der Waals surface area (Å²) < 4.78 is 8.30. The van der Waals surface area contributed by atoms with Crippen LogP contribution in [0.25, 0.3) is 33.4 Å². The second kappa shape index (κ2) is 12.7. The van der Waals surface area contributed by atoms with Gasteiger partial charge in [-0.25, -0.2) is 4.58 Å². The molecule has 1 aliphatic carbocycles. The number of hydrogen-bond acceptors (Lipinski definition) is 6. The highest BCUT2D eigenvalue weighted by atomic mass is 16.4. The molecule has 0 atom stereocenters. The molecule has 0 aromatic heterocycles. The number of anilines is 1. The van der Waals surface area contributed by atoms with Crippen molar-refractivity contribution in [2.24, 2.45) is 0 Å². The predicted molar refractivity (Wildman–Crippen MR) is 157 cm³/mol. The Labute approximate surface area is 238 Å². The van der Waals surface area contributed by atoms with Crippen LogP contribution in [-0.4, -0.2) is 57.7 Å². The van der Waals surface area contributed by atoms with Crippen molar-refractivity contribution < 1.29 is 29.0 Å². The van der Waals surface area contributed by atoms with Gasteiger partial charge < -0.3 is 29.6 Å². The molecule has 1 aliphatic heterocycles. The average Bonchev–Trinajstić information content (AvgIpc) is 2.94. The topological polar surface area (TPSA) is 126 Å². The molecule has 0 radical (unpaired) electrons. The van der Waals surface area contributed by atoms with E-state index in [1.807, 2.05) is 74.1 Å². The van der Waals surface area contributed by atoms with Gasteiger partial charge in [-0.2, -0.15) is 0 Å². The standard InChI is InChI=1S/C32H35N3O6/c1-34(2)21-11-14-24-27(18-21)41-28-19-22(35(3)4)12-15-25(28)30(24)23-13-10-20(17-26(23)32(39)40)31(38)33-16-8-6-5-7-9-29(36)37/h10-15,17-19H,5-9,16H2,1-4H3,(H2-,33,36,37,38,39,40). The Hall–Kier alpha value is -4.66. The molecule has 0 saturated carbocycles. The van der Waals surface area contributed by atoms with Crippen molar-refractivity contribution in [2.45, 2.75) is 32.1 Å². The lowest BCUT2D eigenvalue weighted by Gasteiger charge is -2.20. The van der Waals surface area contributed by atoms with Crippen molar-refractivity contribution in [2.75, 3.05) is 39.6 Å². The van der Waals surface area contributed by atoms with Crippen molar-refractivity contribution >= 4 is 34.5 Å². The summed E-state index contributed by atoms with van der Waals surface area (Å²) in [5.74, 6) is -1.98. The molecular formula is C32H35N3O6. The molecule has 0 bridgehead atoms. The molecule has 9 heteroatoms. The lowest BCUT2D eigenvalue weighted by atomic mass is 9.89. The number of nitrogens with one attached hydrogen (secondary N) is 1. The first-order valence-electron chi connectivity index (χ1n) is 13.6. The van der Waals surface area contributed by atoms with Crippen molar-refractivity contribution in [1.29, 1.82) is 0 Å². The number of nitrogens with zero attached hydrogens (tertiary/aromatic N) is 2. The SMILES string of the molecule is CN(C)c1ccc2c(-c3ccc(C(=O)NCCCCCCC(=O)O)cc3C(=O)[O-])c3ccc(=[N+](C)C)cc-3oc2c1. The van der Waals surface area contributed by atoms with Crippen LogP contribution in [0.4, 0.5) is 5.69 Å². The normalized spacial score (nSPS) is 11.0.